The van der Waals surface area contributed by atoms with Gasteiger partial charge in [0.15, 0.2) is 0 Å². The molecule has 2 aromatic carbocycles. The van der Waals surface area contributed by atoms with Gasteiger partial charge < -0.3 is 9.84 Å². The molecular weight excluding hydrogens is 364 g/mol. The number of ether oxygens (including phenoxy) is 1. The summed E-state index contributed by atoms with van der Waals surface area (Å²) in [5.74, 6) is -0.943. The number of nitrogens with zero attached hydrogens (tertiary/aromatic N) is 1. The van der Waals surface area contributed by atoms with E-state index >= 15 is 0 Å². The molecule has 0 heterocycles. The zero-order valence-electron chi connectivity index (χ0n) is 13.4. The molecule has 9 nitrogen and oxygen atoms in total. The number of esters is 1. The highest BCUT2D eigenvalue weighted by molar-refractivity contribution is 7.89. The van der Waals surface area contributed by atoms with Crippen LogP contribution in [0.2, 0.25) is 0 Å². The van der Waals surface area contributed by atoms with Gasteiger partial charge in [-0.1, -0.05) is 30.3 Å². The van der Waals surface area contributed by atoms with E-state index in [1.165, 1.54) is 0 Å². The highest BCUT2D eigenvalue weighted by atomic mass is 32.2. The number of hydrogen-bond acceptors (Lipinski definition) is 7. The maximum atomic E-state index is 12.3. The zero-order chi connectivity index (χ0) is 19.2. The van der Waals surface area contributed by atoms with Crippen LogP contribution in [0.25, 0.3) is 0 Å². The molecule has 0 aliphatic heterocycles. The molecule has 0 aliphatic rings. The molecule has 0 amide bonds. The molecule has 2 aromatic rings. The topological polar surface area (TPSA) is 136 Å². The molecule has 0 bridgehead atoms. The Bertz CT molecular complexity index is 867. The van der Waals surface area contributed by atoms with Gasteiger partial charge in [-0.15, -0.1) is 0 Å². The van der Waals surface area contributed by atoms with E-state index in [1.807, 2.05) is 4.72 Å². The first-order chi connectivity index (χ1) is 12.3. The van der Waals surface area contributed by atoms with Crippen LogP contribution in [0.3, 0.4) is 0 Å². The van der Waals surface area contributed by atoms with Crippen LogP contribution < -0.4 is 4.72 Å². The first kappa shape index (κ1) is 19.5. The molecule has 0 radical (unpaired) electrons. The van der Waals surface area contributed by atoms with Crippen LogP contribution in [0.5, 0.6) is 0 Å². The molecule has 0 fully saturated rings. The van der Waals surface area contributed by atoms with Crippen molar-refractivity contribution in [3.63, 3.8) is 0 Å². The number of aliphatic hydroxyl groups is 1. The number of rotatable bonds is 8. The number of nitrogens with one attached hydrogen (secondary N) is 1. The van der Waals surface area contributed by atoms with E-state index in [9.17, 15) is 28.4 Å². The van der Waals surface area contributed by atoms with Crippen LogP contribution in [0.15, 0.2) is 59.5 Å². The quantitative estimate of drug-likeness (QED) is 0.396. The first-order valence-corrected chi connectivity index (χ1v) is 8.90. The van der Waals surface area contributed by atoms with Crippen molar-refractivity contribution in [2.75, 3.05) is 6.61 Å². The van der Waals surface area contributed by atoms with Gasteiger partial charge in [-0.05, 0) is 17.7 Å². The second kappa shape index (κ2) is 8.52. The maximum absolute atomic E-state index is 12.3. The summed E-state index contributed by atoms with van der Waals surface area (Å²) in [5, 5.41) is 19.9. The largest absolute Gasteiger partial charge is 0.460 e. The summed E-state index contributed by atoms with van der Waals surface area (Å²) in [6.45, 7) is -0.880. The van der Waals surface area contributed by atoms with Gasteiger partial charge in [0.2, 0.25) is 10.0 Å². The lowest BCUT2D eigenvalue weighted by Crippen LogP contribution is -2.44. The molecule has 2 rings (SSSR count). The fraction of sp³-hybridized carbons (Fsp3) is 0.188. The van der Waals surface area contributed by atoms with Crippen molar-refractivity contribution in [3.8, 4) is 0 Å². The molecule has 26 heavy (non-hydrogen) atoms. The Kier molecular flexibility index (Phi) is 6.39. The summed E-state index contributed by atoms with van der Waals surface area (Å²) in [4.78, 5) is 21.7. The third-order valence-electron chi connectivity index (χ3n) is 3.35. The average molecular weight is 380 g/mol. The number of hydrogen-bond donors (Lipinski definition) is 2. The van der Waals surface area contributed by atoms with E-state index in [0.717, 1.165) is 24.3 Å². The van der Waals surface area contributed by atoms with Crippen molar-refractivity contribution >= 4 is 21.7 Å². The minimum atomic E-state index is -4.18. The van der Waals surface area contributed by atoms with Crippen LogP contribution in [0.4, 0.5) is 5.69 Å². The number of benzene rings is 2. The first-order valence-electron chi connectivity index (χ1n) is 7.41. The van der Waals surface area contributed by atoms with Crippen LogP contribution in [0, 0.1) is 10.1 Å². The number of carbonyl (C=O) groups is 1. The Labute approximate surface area is 149 Å². The van der Waals surface area contributed by atoms with Gasteiger partial charge in [0.05, 0.1) is 16.4 Å². The normalized spacial score (nSPS) is 12.3. The van der Waals surface area contributed by atoms with E-state index in [1.54, 1.807) is 30.3 Å². The van der Waals surface area contributed by atoms with Crippen molar-refractivity contribution in [1.82, 2.24) is 4.72 Å². The number of non-ortho nitro benzene ring substituents is 1. The average Bonchev–Trinajstić information content (AvgIpc) is 2.65. The summed E-state index contributed by atoms with van der Waals surface area (Å²) >= 11 is 0. The molecule has 10 heteroatoms. The van der Waals surface area contributed by atoms with E-state index in [-0.39, 0.29) is 17.2 Å². The lowest BCUT2D eigenvalue weighted by Gasteiger charge is -2.15. The number of nitro groups is 1. The highest BCUT2D eigenvalue weighted by Gasteiger charge is 2.26. The fourth-order valence-electron chi connectivity index (χ4n) is 1.99. The van der Waals surface area contributed by atoms with Crippen LogP contribution >= 0.6 is 0 Å². The van der Waals surface area contributed by atoms with Gasteiger partial charge in [0, 0.05) is 12.1 Å². The summed E-state index contributed by atoms with van der Waals surface area (Å²) in [6.07, 6.45) is 0. The van der Waals surface area contributed by atoms with Gasteiger partial charge in [-0.3, -0.25) is 14.9 Å². The van der Waals surface area contributed by atoms with Crippen molar-refractivity contribution in [2.45, 2.75) is 17.5 Å². The zero-order valence-corrected chi connectivity index (χ0v) is 14.3. The van der Waals surface area contributed by atoms with E-state index < -0.39 is 33.6 Å². The third kappa shape index (κ3) is 5.09. The Morgan fingerprint density at radius 1 is 1.15 bits per heavy atom. The molecule has 0 saturated heterocycles. The third-order valence-corrected chi connectivity index (χ3v) is 4.83. The van der Waals surface area contributed by atoms with E-state index in [4.69, 9.17) is 4.74 Å². The van der Waals surface area contributed by atoms with Gasteiger partial charge in [0.25, 0.3) is 5.69 Å². The molecule has 1 atom stereocenters. The molecule has 0 saturated carbocycles. The minimum absolute atomic E-state index is 0.0740. The smallest absolute Gasteiger partial charge is 0.326 e. The van der Waals surface area contributed by atoms with Crippen molar-refractivity contribution < 1.29 is 28.0 Å². The predicted octanol–water partition coefficient (Wildman–Crippen LogP) is 0.977. The van der Waals surface area contributed by atoms with Gasteiger partial charge >= 0.3 is 5.97 Å². The minimum Gasteiger partial charge on any atom is -0.460 e. The molecule has 0 spiro atoms. The fourth-order valence-corrected chi connectivity index (χ4v) is 3.17. The maximum Gasteiger partial charge on any atom is 0.326 e. The Morgan fingerprint density at radius 3 is 2.31 bits per heavy atom. The van der Waals surface area contributed by atoms with Gasteiger partial charge in [-0.2, -0.15) is 4.72 Å². The molecule has 0 aromatic heterocycles. The van der Waals surface area contributed by atoms with Crippen LogP contribution in [-0.4, -0.2) is 37.1 Å². The van der Waals surface area contributed by atoms with Crippen molar-refractivity contribution in [3.05, 3.63) is 70.3 Å². The van der Waals surface area contributed by atoms with Crippen molar-refractivity contribution in [2.24, 2.45) is 0 Å². The highest BCUT2D eigenvalue weighted by Crippen LogP contribution is 2.16. The molecule has 0 aliphatic carbocycles. The van der Waals surface area contributed by atoms with E-state index in [0.29, 0.717) is 5.56 Å². The SMILES string of the molecule is O=C(OCc1ccccc1)[C@H](CO)NS(=O)(=O)c1ccc([N+](=O)[O-])cc1. The summed E-state index contributed by atoms with van der Waals surface area (Å²) in [6, 6.07) is 11.4. The Hall–Kier alpha value is -2.82. The molecule has 2 N–H and O–H groups in total. The van der Waals surface area contributed by atoms with Gasteiger partial charge in [-0.25, -0.2) is 8.42 Å². The Morgan fingerprint density at radius 2 is 1.77 bits per heavy atom. The second-order valence-corrected chi connectivity index (χ2v) is 6.91. The van der Waals surface area contributed by atoms with Crippen LogP contribution in [0.1, 0.15) is 5.56 Å². The lowest BCUT2D eigenvalue weighted by atomic mass is 10.2. The summed E-state index contributed by atoms with van der Waals surface area (Å²) in [7, 11) is -4.18. The van der Waals surface area contributed by atoms with Gasteiger partial charge in [0.1, 0.15) is 12.6 Å². The molecule has 0 unspecified atom stereocenters. The molecule has 138 valence electrons. The number of nitro benzene ring substituents is 1. The predicted molar refractivity (Wildman–Crippen MR) is 90.5 cm³/mol. The monoisotopic (exact) mass is 380 g/mol. The molecular formula is C16H16N2O7S. The summed E-state index contributed by atoms with van der Waals surface area (Å²) in [5.41, 5.74) is 0.431. The van der Waals surface area contributed by atoms with E-state index in [2.05, 4.69) is 0 Å². The summed E-state index contributed by atoms with van der Waals surface area (Å²) < 4.78 is 31.5. The Balaban J connectivity index is 2.04. The number of carbonyl (C=O) groups excluding carboxylic acids is 1. The second-order valence-electron chi connectivity index (χ2n) is 5.20. The number of aliphatic hydroxyl groups excluding tert-OH is 1. The van der Waals surface area contributed by atoms with Crippen molar-refractivity contribution in [1.29, 1.82) is 0 Å². The number of sulfonamides is 1. The standard InChI is InChI=1S/C16H16N2O7S/c19-10-15(16(20)25-11-12-4-2-1-3-5-12)17-26(23,24)14-8-6-13(7-9-14)18(21)22/h1-9,15,17,19H,10-11H2/t15-/m0/s1. The lowest BCUT2D eigenvalue weighted by molar-refractivity contribution is -0.384. The van der Waals surface area contributed by atoms with Crippen LogP contribution in [-0.2, 0) is 26.2 Å².